The number of rotatable bonds is 9. The molecule has 8 heteroatoms. The highest BCUT2D eigenvalue weighted by molar-refractivity contribution is 5.81. The molecule has 1 fully saturated rings. The molecular formula is C23H33N3O5. The van der Waals surface area contributed by atoms with E-state index in [0.717, 1.165) is 23.8 Å². The van der Waals surface area contributed by atoms with Crippen molar-refractivity contribution in [1.29, 1.82) is 0 Å². The minimum Gasteiger partial charge on any atom is -0.490 e. The third kappa shape index (κ3) is 5.48. The van der Waals surface area contributed by atoms with Crippen molar-refractivity contribution >= 4 is 16.8 Å². The summed E-state index contributed by atoms with van der Waals surface area (Å²) in [4.78, 5) is 40.5. The Kier molecular flexibility index (Phi) is 7.76. The van der Waals surface area contributed by atoms with Gasteiger partial charge < -0.3 is 19.8 Å². The maximum atomic E-state index is 13.0. The summed E-state index contributed by atoms with van der Waals surface area (Å²) in [6, 6.07) is 3.45. The Labute approximate surface area is 181 Å². The number of aromatic nitrogens is 2. The van der Waals surface area contributed by atoms with Gasteiger partial charge in [0.1, 0.15) is 0 Å². The van der Waals surface area contributed by atoms with Gasteiger partial charge in [-0.1, -0.05) is 19.8 Å². The van der Waals surface area contributed by atoms with Crippen LogP contribution in [-0.4, -0.2) is 34.7 Å². The predicted molar refractivity (Wildman–Crippen MR) is 120 cm³/mol. The average molecular weight is 432 g/mol. The van der Waals surface area contributed by atoms with Crippen LogP contribution < -0.4 is 26.0 Å². The van der Waals surface area contributed by atoms with Gasteiger partial charge in [-0.25, -0.2) is 4.79 Å². The number of carbonyl (C=O) groups is 1. The van der Waals surface area contributed by atoms with E-state index >= 15 is 0 Å². The molecule has 1 aromatic heterocycles. The van der Waals surface area contributed by atoms with Crippen LogP contribution >= 0.6 is 0 Å². The Morgan fingerprint density at radius 3 is 2.48 bits per heavy atom. The van der Waals surface area contributed by atoms with E-state index in [4.69, 9.17) is 9.47 Å². The van der Waals surface area contributed by atoms with E-state index in [1.807, 2.05) is 13.8 Å². The summed E-state index contributed by atoms with van der Waals surface area (Å²) in [5, 5.41) is 3.46. The van der Waals surface area contributed by atoms with Crippen LogP contribution in [0.15, 0.2) is 21.7 Å². The zero-order valence-electron chi connectivity index (χ0n) is 18.7. The lowest BCUT2D eigenvalue weighted by atomic mass is 9.86. The van der Waals surface area contributed by atoms with Crippen molar-refractivity contribution in [2.75, 3.05) is 13.2 Å². The van der Waals surface area contributed by atoms with Crippen molar-refractivity contribution in [3.8, 4) is 11.5 Å². The van der Waals surface area contributed by atoms with Crippen LogP contribution in [0.25, 0.3) is 10.9 Å². The summed E-state index contributed by atoms with van der Waals surface area (Å²) in [5.74, 6) is 1.42. The van der Waals surface area contributed by atoms with Crippen molar-refractivity contribution < 1.29 is 14.3 Å². The number of amides is 1. The first-order chi connectivity index (χ1) is 14.9. The summed E-state index contributed by atoms with van der Waals surface area (Å²) >= 11 is 0. The average Bonchev–Trinajstić information content (AvgIpc) is 2.73. The fourth-order valence-corrected chi connectivity index (χ4v) is 4.21. The van der Waals surface area contributed by atoms with Gasteiger partial charge in [-0.2, -0.15) is 0 Å². The van der Waals surface area contributed by atoms with Gasteiger partial charge in [0.05, 0.1) is 24.1 Å². The molecule has 170 valence electrons. The fraction of sp³-hybridized carbons (Fsp3) is 0.609. The first-order valence-corrected chi connectivity index (χ1v) is 11.3. The molecule has 31 heavy (non-hydrogen) atoms. The number of carbonyl (C=O) groups excluding carboxylic acids is 1. The summed E-state index contributed by atoms with van der Waals surface area (Å²) in [6.45, 7) is 6.92. The Hall–Kier alpha value is -2.77. The van der Waals surface area contributed by atoms with Crippen LogP contribution in [0.3, 0.4) is 0 Å². The molecule has 1 amide bonds. The molecular weight excluding hydrogens is 398 g/mol. The second kappa shape index (κ2) is 10.5. The molecule has 1 aliphatic rings. The number of H-pyrrole nitrogens is 1. The number of nitrogens with one attached hydrogen (secondary N) is 2. The third-order valence-corrected chi connectivity index (χ3v) is 5.89. The zero-order valence-corrected chi connectivity index (χ0v) is 18.7. The highest BCUT2D eigenvalue weighted by atomic mass is 16.5. The SMILES string of the molecule is CCOc1cc2[nH]c(=O)n(CCCC(=O)N[C@@H]3CCCC[C@@H]3C)c(=O)c2cc1OCC. The lowest BCUT2D eigenvalue weighted by Gasteiger charge is -2.29. The Bertz CT molecular complexity index is 1030. The summed E-state index contributed by atoms with van der Waals surface area (Å²) in [6.07, 6.45) is 5.21. The van der Waals surface area contributed by atoms with Crippen molar-refractivity contribution in [2.24, 2.45) is 5.92 Å². The Morgan fingerprint density at radius 1 is 1.13 bits per heavy atom. The number of ether oxygens (including phenoxy) is 2. The van der Waals surface area contributed by atoms with Crippen LogP contribution in [0.4, 0.5) is 0 Å². The number of aromatic amines is 1. The molecule has 0 radical (unpaired) electrons. The van der Waals surface area contributed by atoms with Crippen LogP contribution in [-0.2, 0) is 11.3 Å². The maximum absolute atomic E-state index is 13.0. The molecule has 0 spiro atoms. The lowest BCUT2D eigenvalue weighted by molar-refractivity contribution is -0.122. The highest BCUT2D eigenvalue weighted by Gasteiger charge is 2.22. The standard InChI is InChI=1S/C23H33N3O5/c1-4-30-19-13-16-18(14-20(19)31-5-2)25-23(29)26(22(16)28)12-8-11-21(27)24-17-10-7-6-9-15(17)3/h13-15,17H,4-12H2,1-3H3,(H,24,27)(H,25,29)/t15-,17+/m0/s1. The van der Waals surface area contributed by atoms with Crippen LogP contribution in [0.2, 0.25) is 0 Å². The Balaban J connectivity index is 1.73. The summed E-state index contributed by atoms with van der Waals surface area (Å²) < 4.78 is 12.3. The maximum Gasteiger partial charge on any atom is 0.328 e. The molecule has 1 aliphatic carbocycles. The predicted octanol–water partition coefficient (Wildman–Crippen LogP) is 2.96. The molecule has 1 saturated carbocycles. The van der Waals surface area contributed by atoms with E-state index < -0.39 is 11.2 Å². The van der Waals surface area contributed by atoms with Crippen LogP contribution in [0.1, 0.15) is 59.3 Å². The fourth-order valence-electron chi connectivity index (χ4n) is 4.21. The minimum absolute atomic E-state index is 0.0241. The largest absolute Gasteiger partial charge is 0.490 e. The highest BCUT2D eigenvalue weighted by Crippen LogP contribution is 2.30. The van der Waals surface area contributed by atoms with Crippen molar-refractivity contribution in [2.45, 2.75) is 71.9 Å². The number of nitrogens with zero attached hydrogens (tertiary/aromatic N) is 1. The van der Waals surface area contributed by atoms with Gasteiger partial charge in [0.25, 0.3) is 5.56 Å². The van der Waals surface area contributed by atoms with E-state index in [-0.39, 0.29) is 24.9 Å². The van der Waals surface area contributed by atoms with Gasteiger partial charge in [-0.3, -0.25) is 14.2 Å². The topological polar surface area (TPSA) is 102 Å². The summed E-state index contributed by atoms with van der Waals surface area (Å²) in [5.41, 5.74) is -0.489. The molecule has 8 nitrogen and oxygen atoms in total. The molecule has 2 aromatic rings. The van der Waals surface area contributed by atoms with Gasteiger partial charge in [0.2, 0.25) is 5.91 Å². The molecule has 0 bridgehead atoms. The normalized spacial score (nSPS) is 18.7. The molecule has 0 aliphatic heterocycles. The number of fused-ring (bicyclic) bond motifs is 1. The minimum atomic E-state index is -0.495. The van der Waals surface area contributed by atoms with E-state index in [2.05, 4.69) is 17.2 Å². The van der Waals surface area contributed by atoms with E-state index in [1.165, 1.54) is 6.42 Å². The first kappa shape index (κ1) is 22.9. The van der Waals surface area contributed by atoms with E-state index in [1.54, 1.807) is 12.1 Å². The van der Waals surface area contributed by atoms with Gasteiger partial charge in [-0.15, -0.1) is 0 Å². The molecule has 0 saturated heterocycles. The zero-order chi connectivity index (χ0) is 22.4. The smallest absolute Gasteiger partial charge is 0.328 e. The van der Waals surface area contributed by atoms with Gasteiger partial charge >= 0.3 is 5.69 Å². The number of benzene rings is 1. The third-order valence-electron chi connectivity index (χ3n) is 5.89. The number of hydrogen-bond donors (Lipinski definition) is 2. The first-order valence-electron chi connectivity index (χ1n) is 11.3. The second-order valence-electron chi connectivity index (χ2n) is 8.14. The van der Waals surface area contributed by atoms with Crippen LogP contribution in [0.5, 0.6) is 11.5 Å². The number of hydrogen-bond acceptors (Lipinski definition) is 5. The second-order valence-corrected chi connectivity index (χ2v) is 8.14. The van der Waals surface area contributed by atoms with Crippen LogP contribution in [0, 0.1) is 5.92 Å². The molecule has 2 atom stereocenters. The van der Waals surface area contributed by atoms with E-state index in [0.29, 0.717) is 48.0 Å². The molecule has 1 aromatic carbocycles. The summed E-state index contributed by atoms with van der Waals surface area (Å²) in [7, 11) is 0. The molecule has 3 rings (SSSR count). The van der Waals surface area contributed by atoms with Gasteiger partial charge in [0.15, 0.2) is 11.5 Å². The Morgan fingerprint density at radius 2 is 1.81 bits per heavy atom. The van der Waals surface area contributed by atoms with Crippen molar-refractivity contribution in [3.05, 3.63) is 33.0 Å². The monoisotopic (exact) mass is 431 g/mol. The lowest BCUT2D eigenvalue weighted by Crippen LogP contribution is -2.41. The van der Waals surface area contributed by atoms with Crippen molar-refractivity contribution in [3.63, 3.8) is 0 Å². The molecule has 2 N–H and O–H groups in total. The van der Waals surface area contributed by atoms with Gasteiger partial charge in [0, 0.05) is 25.1 Å². The van der Waals surface area contributed by atoms with E-state index in [9.17, 15) is 14.4 Å². The molecule has 1 heterocycles. The van der Waals surface area contributed by atoms with Crippen molar-refractivity contribution in [1.82, 2.24) is 14.9 Å². The quantitative estimate of drug-likeness (QED) is 0.635. The van der Waals surface area contributed by atoms with Gasteiger partial charge in [-0.05, 0) is 45.1 Å². The molecule has 0 unspecified atom stereocenters.